The molecular formula is C16H21N3O2. The molecule has 0 aromatic heterocycles. The number of nitrogens with two attached hydrogens (primary N) is 1. The first-order valence-electron chi connectivity index (χ1n) is 6.81. The highest BCUT2D eigenvalue weighted by atomic mass is 16.2. The molecule has 112 valence electrons. The topological polar surface area (TPSA) is 84.2 Å². The van der Waals surface area contributed by atoms with Crippen LogP contribution in [0.4, 0.5) is 0 Å². The van der Waals surface area contributed by atoms with E-state index in [0.29, 0.717) is 5.56 Å². The van der Waals surface area contributed by atoms with E-state index in [0.717, 1.165) is 11.1 Å². The van der Waals surface area contributed by atoms with E-state index in [1.807, 2.05) is 32.9 Å². The Morgan fingerprint density at radius 1 is 1.33 bits per heavy atom. The smallest absolute Gasteiger partial charge is 0.252 e. The molecule has 0 bridgehead atoms. The van der Waals surface area contributed by atoms with Gasteiger partial charge in [0.1, 0.15) is 0 Å². The third-order valence-electron chi connectivity index (χ3n) is 2.68. The molecule has 0 radical (unpaired) electrons. The van der Waals surface area contributed by atoms with Crippen LogP contribution >= 0.6 is 0 Å². The van der Waals surface area contributed by atoms with Crippen molar-refractivity contribution in [1.29, 1.82) is 0 Å². The Morgan fingerprint density at radius 3 is 2.67 bits per heavy atom. The summed E-state index contributed by atoms with van der Waals surface area (Å²) in [7, 11) is 0. The zero-order chi connectivity index (χ0) is 15.8. The quantitative estimate of drug-likeness (QED) is 0.707. The van der Waals surface area contributed by atoms with Gasteiger partial charge in [-0.05, 0) is 38.5 Å². The summed E-state index contributed by atoms with van der Waals surface area (Å²) >= 11 is 0. The van der Waals surface area contributed by atoms with Crippen molar-refractivity contribution in [3.63, 3.8) is 0 Å². The van der Waals surface area contributed by atoms with Gasteiger partial charge in [0.2, 0.25) is 5.91 Å². The van der Waals surface area contributed by atoms with Crippen LogP contribution in [0.5, 0.6) is 0 Å². The number of rotatable bonds is 4. The van der Waals surface area contributed by atoms with Gasteiger partial charge in [-0.15, -0.1) is 0 Å². The van der Waals surface area contributed by atoms with Gasteiger partial charge in [0.15, 0.2) is 0 Å². The van der Waals surface area contributed by atoms with Gasteiger partial charge in [0.25, 0.3) is 5.91 Å². The molecule has 0 fully saturated rings. The molecular weight excluding hydrogens is 266 g/mol. The SMILES string of the molecule is Cc1ccc(C#CCN)cc1C(=O)NCC(=O)NC(C)C. The van der Waals surface area contributed by atoms with Gasteiger partial charge in [-0.3, -0.25) is 9.59 Å². The largest absolute Gasteiger partial charge is 0.352 e. The van der Waals surface area contributed by atoms with Crippen molar-refractivity contribution < 1.29 is 9.59 Å². The minimum Gasteiger partial charge on any atom is -0.352 e. The lowest BCUT2D eigenvalue weighted by atomic mass is 10.0. The normalized spacial score (nSPS) is 9.76. The van der Waals surface area contributed by atoms with Crippen LogP contribution in [0.3, 0.4) is 0 Å². The standard InChI is InChI=1S/C16H21N3O2/c1-11(2)19-15(20)10-18-16(21)14-9-13(5-4-8-17)7-6-12(14)3/h6-7,9,11H,8,10,17H2,1-3H3,(H,18,21)(H,19,20). The second-order valence-electron chi connectivity index (χ2n) is 4.94. The summed E-state index contributed by atoms with van der Waals surface area (Å²) in [4.78, 5) is 23.6. The molecule has 4 N–H and O–H groups in total. The summed E-state index contributed by atoms with van der Waals surface area (Å²) < 4.78 is 0. The number of amides is 2. The number of aryl methyl sites for hydroxylation is 1. The number of carbonyl (C=O) groups excluding carboxylic acids is 2. The van der Waals surface area contributed by atoms with Crippen LogP contribution in [-0.4, -0.2) is 30.9 Å². The van der Waals surface area contributed by atoms with Crippen LogP contribution in [0.25, 0.3) is 0 Å². The fraction of sp³-hybridized carbons (Fsp3) is 0.375. The first-order chi connectivity index (χ1) is 9.93. The molecule has 5 nitrogen and oxygen atoms in total. The zero-order valence-electron chi connectivity index (χ0n) is 12.6. The van der Waals surface area contributed by atoms with Crippen molar-refractivity contribution in [3.05, 3.63) is 34.9 Å². The maximum Gasteiger partial charge on any atom is 0.252 e. The van der Waals surface area contributed by atoms with Gasteiger partial charge < -0.3 is 16.4 Å². The van der Waals surface area contributed by atoms with Gasteiger partial charge in [0.05, 0.1) is 13.1 Å². The van der Waals surface area contributed by atoms with Crippen LogP contribution in [0.15, 0.2) is 18.2 Å². The van der Waals surface area contributed by atoms with Gasteiger partial charge in [-0.1, -0.05) is 17.9 Å². The van der Waals surface area contributed by atoms with E-state index < -0.39 is 0 Å². The molecule has 0 atom stereocenters. The van der Waals surface area contributed by atoms with Crippen LogP contribution in [0, 0.1) is 18.8 Å². The van der Waals surface area contributed by atoms with Crippen molar-refractivity contribution in [1.82, 2.24) is 10.6 Å². The molecule has 1 aromatic rings. The lowest BCUT2D eigenvalue weighted by molar-refractivity contribution is -0.120. The van der Waals surface area contributed by atoms with E-state index in [2.05, 4.69) is 22.5 Å². The molecule has 0 unspecified atom stereocenters. The third kappa shape index (κ3) is 5.67. The summed E-state index contributed by atoms with van der Waals surface area (Å²) in [5.41, 5.74) is 7.39. The summed E-state index contributed by atoms with van der Waals surface area (Å²) in [6.45, 7) is 5.79. The lowest BCUT2D eigenvalue weighted by Crippen LogP contribution is -2.40. The summed E-state index contributed by atoms with van der Waals surface area (Å²) in [5.74, 6) is 5.13. The number of hydrogen-bond acceptors (Lipinski definition) is 3. The average Bonchev–Trinajstić information content (AvgIpc) is 2.43. The fourth-order valence-electron chi connectivity index (χ4n) is 1.73. The van der Waals surface area contributed by atoms with Crippen molar-refractivity contribution >= 4 is 11.8 Å². The first-order valence-corrected chi connectivity index (χ1v) is 6.81. The summed E-state index contributed by atoms with van der Waals surface area (Å²) in [6.07, 6.45) is 0. The van der Waals surface area contributed by atoms with E-state index in [4.69, 9.17) is 5.73 Å². The summed E-state index contributed by atoms with van der Waals surface area (Å²) in [6, 6.07) is 5.41. The summed E-state index contributed by atoms with van der Waals surface area (Å²) in [5, 5.41) is 5.32. The van der Waals surface area contributed by atoms with E-state index >= 15 is 0 Å². The molecule has 0 aliphatic heterocycles. The van der Waals surface area contributed by atoms with Crippen LogP contribution < -0.4 is 16.4 Å². The van der Waals surface area contributed by atoms with Gasteiger partial charge in [0, 0.05) is 17.2 Å². The molecule has 1 rings (SSSR count). The fourth-order valence-corrected chi connectivity index (χ4v) is 1.73. The van der Waals surface area contributed by atoms with E-state index in [1.54, 1.807) is 6.07 Å². The van der Waals surface area contributed by atoms with Crippen LogP contribution in [0.2, 0.25) is 0 Å². The predicted octanol–water partition coefficient (Wildman–Crippen LogP) is 0.560. The predicted molar refractivity (Wildman–Crippen MR) is 82.7 cm³/mol. The molecule has 0 saturated heterocycles. The Kier molecular flexibility index (Phi) is 6.44. The number of carbonyl (C=O) groups is 2. The van der Waals surface area contributed by atoms with E-state index in [1.165, 1.54) is 0 Å². The van der Waals surface area contributed by atoms with Crippen molar-refractivity contribution in [3.8, 4) is 11.8 Å². The third-order valence-corrected chi connectivity index (χ3v) is 2.68. The molecule has 0 aliphatic rings. The minimum absolute atomic E-state index is 0.0465. The molecule has 21 heavy (non-hydrogen) atoms. The maximum absolute atomic E-state index is 12.1. The highest BCUT2D eigenvalue weighted by molar-refractivity contribution is 5.98. The second-order valence-corrected chi connectivity index (χ2v) is 4.94. The molecule has 0 aliphatic carbocycles. The van der Waals surface area contributed by atoms with Gasteiger partial charge >= 0.3 is 0 Å². The van der Waals surface area contributed by atoms with Crippen LogP contribution in [-0.2, 0) is 4.79 Å². The highest BCUT2D eigenvalue weighted by Crippen LogP contribution is 2.10. The average molecular weight is 287 g/mol. The van der Waals surface area contributed by atoms with Crippen molar-refractivity contribution in [2.24, 2.45) is 5.73 Å². The monoisotopic (exact) mass is 287 g/mol. The zero-order valence-corrected chi connectivity index (χ0v) is 12.6. The van der Waals surface area contributed by atoms with Crippen LogP contribution in [0.1, 0.15) is 35.3 Å². The molecule has 0 saturated carbocycles. The molecule has 5 heteroatoms. The lowest BCUT2D eigenvalue weighted by Gasteiger charge is -2.10. The number of hydrogen-bond donors (Lipinski definition) is 3. The Balaban J connectivity index is 2.75. The minimum atomic E-state index is -0.289. The number of benzene rings is 1. The maximum atomic E-state index is 12.1. The number of nitrogens with one attached hydrogen (secondary N) is 2. The Bertz CT molecular complexity index is 583. The van der Waals surface area contributed by atoms with Crippen molar-refractivity contribution in [2.45, 2.75) is 26.8 Å². The second kappa shape index (κ2) is 8.08. The van der Waals surface area contributed by atoms with E-state index in [9.17, 15) is 9.59 Å². The first kappa shape index (κ1) is 16.7. The molecule has 0 spiro atoms. The van der Waals surface area contributed by atoms with Gasteiger partial charge in [-0.25, -0.2) is 0 Å². The molecule has 2 amide bonds. The van der Waals surface area contributed by atoms with E-state index in [-0.39, 0.29) is 30.9 Å². The Hall–Kier alpha value is -2.32. The molecule has 0 heterocycles. The Labute approximate surface area is 125 Å². The molecule has 1 aromatic carbocycles. The Morgan fingerprint density at radius 2 is 2.05 bits per heavy atom. The highest BCUT2D eigenvalue weighted by Gasteiger charge is 2.11. The van der Waals surface area contributed by atoms with Crippen molar-refractivity contribution in [2.75, 3.05) is 13.1 Å². The van der Waals surface area contributed by atoms with Gasteiger partial charge in [-0.2, -0.15) is 0 Å².